The highest BCUT2D eigenvalue weighted by atomic mass is 35.5. The summed E-state index contributed by atoms with van der Waals surface area (Å²) in [5, 5.41) is 10.0. The number of amides is 1. The minimum Gasteiger partial charge on any atom is -0.482 e. The van der Waals surface area contributed by atoms with E-state index in [-0.39, 0.29) is 24.4 Å². The SMILES string of the molecule is CCOC(=O)COc1ccc(N2N=C(C(N)=O)SC2C2CCNCC2)cc1.Cl. The van der Waals surface area contributed by atoms with E-state index in [1.165, 1.54) is 11.8 Å². The molecule has 1 fully saturated rings. The van der Waals surface area contributed by atoms with Gasteiger partial charge in [0.25, 0.3) is 5.91 Å². The smallest absolute Gasteiger partial charge is 0.344 e. The van der Waals surface area contributed by atoms with Crippen LogP contribution in [0.15, 0.2) is 29.4 Å². The highest BCUT2D eigenvalue weighted by Gasteiger charge is 2.37. The van der Waals surface area contributed by atoms with Crippen molar-refractivity contribution >= 4 is 46.8 Å². The molecule has 1 aromatic rings. The van der Waals surface area contributed by atoms with Gasteiger partial charge in [0.2, 0.25) is 0 Å². The van der Waals surface area contributed by atoms with E-state index in [0.717, 1.165) is 31.6 Å². The predicted molar refractivity (Wildman–Crippen MR) is 112 cm³/mol. The maximum Gasteiger partial charge on any atom is 0.344 e. The fourth-order valence-electron chi connectivity index (χ4n) is 3.12. The highest BCUT2D eigenvalue weighted by Crippen LogP contribution is 2.39. The van der Waals surface area contributed by atoms with E-state index >= 15 is 0 Å². The first-order valence-corrected chi connectivity index (χ1v) is 9.90. The Labute approximate surface area is 174 Å². The van der Waals surface area contributed by atoms with Gasteiger partial charge in [0.05, 0.1) is 12.3 Å². The van der Waals surface area contributed by atoms with Gasteiger partial charge in [0, 0.05) is 0 Å². The summed E-state index contributed by atoms with van der Waals surface area (Å²) in [7, 11) is 0. The van der Waals surface area contributed by atoms with Crippen LogP contribution >= 0.6 is 24.2 Å². The minimum absolute atomic E-state index is 0. The Morgan fingerprint density at radius 3 is 2.57 bits per heavy atom. The lowest BCUT2D eigenvalue weighted by atomic mass is 9.97. The van der Waals surface area contributed by atoms with Crippen LogP contribution in [0.2, 0.25) is 0 Å². The number of thioether (sulfide) groups is 1. The molecule has 0 spiro atoms. The highest BCUT2D eigenvalue weighted by molar-refractivity contribution is 8.16. The molecule has 3 rings (SSSR count). The summed E-state index contributed by atoms with van der Waals surface area (Å²) >= 11 is 1.43. The summed E-state index contributed by atoms with van der Waals surface area (Å²) in [6, 6.07) is 7.28. The lowest BCUT2D eigenvalue weighted by Crippen LogP contribution is -2.38. The number of hydrazone groups is 1. The molecule has 2 aliphatic heterocycles. The number of rotatable bonds is 7. The van der Waals surface area contributed by atoms with Crippen molar-refractivity contribution < 1.29 is 19.1 Å². The van der Waals surface area contributed by atoms with Gasteiger partial charge in [-0.25, -0.2) is 4.79 Å². The van der Waals surface area contributed by atoms with E-state index in [9.17, 15) is 9.59 Å². The second kappa shape index (κ2) is 10.5. The van der Waals surface area contributed by atoms with Gasteiger partial charge in [-0.2, -0.15) is 5.10 Å². The lowest BCUT2D eigenvalue weighted by molar-refractivity contribution is -0.145. The molecule has 0 aliphatic carbocycles. The number of nitrogens with zero attached hydrogens (tertiary/aromatic N) is 2. The van der Waals surface area contributed by atoms with Crippen molar-refractivity contribution in [3.63, 3.8) is 0 Å². The van der Waals surface area contributed by atoms with Crippen molar-refractivity contribution in [3.8, 4) is 5.75 Å². The van der Waals surface area contributed by atoms with Crippen LogP contribution in [0.4, 0.5) is 5.69 Å². The number of hydrogen-bond acceptors (Lipinski definition) is 8. The Morgan fingerprint density at radius 1 is 1.29 bits per heavy atom. The molecule has 10 heteroatoms. The zero-order valence-corrected chi connectivity index (χ0v) is 17.3. The fourth-order valence-corrected chi connectivity index (χ4v) is 4.33. The maximum absolute atomic E-state index is 11.6. The second-order valence-electron chi connectivity index (χ2n) is 6.30. The molecule has 1 aromatic carbocycles. The van der Waals surface area contributed by atoms with Crippen LogP contribution in [0.25, 0.3) is 0 Å². The van der Waals surface area contributed by atoms with Crippen LogP contribution in [-0.2, 0) is 14.3 Å². The first-order valence-electron chi connectivity index (χ1n) is 9.02. The summed E-state index contributed by atoms with van der Waals surface area (Å²) in [5.74, 6) is 0.0720. The van der Waals surface area contributed by atoms with Crippen molar-refractivity contribution in [2.45, 2.75) is 25.1 Å². The van der Waals surface area contributed by atoms with Crippen LogP contribution in [0.1, 0.15) is 19.8 Å². The van der Waals surface area contributed by atoms with Crippen molar-refractivity contribution in [2.75, 3.05) is 31.3 Å². The Balaban J connectivity index is 0.00000280. The molecule has 2 aliphatic rings. The van der Waals surface area contributed by atoms with Gasteiger partial charge in [0.15, 0.2) is 11.7 Å². The Hall–Kier alpha value is -1.97. The van der Waals surface area contributed by atoms with Crippen molar-refractivity contribution in [1.82, 2.24) is 5.32 Å². The Morgan fingerprint density at radius 2 is 1.96 bits per heavy atom. The summed E-state index contributed by atoms with van der Waals surface area (Å²) < 4.78 is 10.3. The number of hydrogen-bond donors (Lipinski definition) is 2. The molecule has 0 bridgehead atoms. The molecule has 8 nitrogen and oxygen atoms in total. The Bertz CT molecular complexity index is 710. The standard InChI is InChI=1S/C18H24N4O4S.ClH/c1-2-25-15(23)11-26-14-5-3-13(4-6-14)22-18(12-7-9-20-10-8-12)27-17(21-22)16(19)24;/h3-6,12,18,20H,2,7-11H2,1H3,(H2,19,24);1H. The van der Waals surface area contributed by atoms with E-state index in [1.54, 1.807) is 19.1 Å². The molecule has 0 aromatic heterocycles. The zero-order chi connectivity index (χ0) is 19.2. The third-order valence-corrected chi connectivity index (χ3v) is 5.77. The average Bonchev–Trinajstić information content (AvgIpc) is 3.13. The van der Waals surface area contributed by atoms with Crippen LogP contribution in [-0.4, -0.2) is 48.6 Å². The topological polar surface area (TPSA) is 106 Å². The summed E-state index contributed by atoms with van der Waals surface area (Å²) in [4.78, 5) is 23.0. The molecule has 1 saturated heterocycles. The van der Waals surface area contributed by atoms with Crippen molar-refractivity contribution in [3.05, 3.63) is 24.3 Å². The number of nitrogens with two attached hydrogens (primary N) is 1. The lowest BCUT2D eigenvalue weighted by Gasteiger charge is -2.32. The van der Waals surface area contributed by atoms with Gasteiger partial charge in [-0.3, -0.25) is 9.80 Å². The molecule has 0 saturated carbocycles. The molecular weight excluding hydrogens is 404 g/mol. The largest absolute Gasteiger partial charge is 0.482 e. The zero-order valence-electron chi connectivity index (χ0n) is 15.6. The van der Waals surface area contributed by atoms with Gasteiger partial charge in [-0.15, -0.1) is 12.4 Å². The predicted octanol–water partition coefficient (Wildman–Crippen LogP) is 1.73. The third-order valence-electron chi connectivity index (χ3n) is 4.43. The summed E-state index contributed by atoms with van der Waals surface area (Å²) in [6.07, 6.45) is 2.05. The summed E-state index contributed by atoms with van der Waals surface area (Å²) in [5.41, 5.74) is 6.31. The number of anilines is 1. The molecule has 1 unspecified atom stereocenters. The van der Waals surface area contributed by atoms with Crippen LogP contribution < -0.4 is 20.8 Å². The van der Waals surface area contributed by atoms with Gasteiger partial charge in [-0.05, 0) is 63.0 Å². The first-order chi connectivity index (χ1) is 13.1. The molecule has 154 valence electrons. The monoisotopic (exact) mass is 428 g/mol. The molecular formula is C18H25ClN4O4S. The number of piperidine rings is 1. The third kappa shape index (κ3) is 5.52. The van der Waals surface area contributed by atoms with E-state index < -0.39 is 11.9 Å². The number of carbonyl (C=O) groups is 2. The Kier molecular flexibility index (Phi) is 8.40. The van der Waals surface area contributed by atoms with E-state index in [0.29, 0.717) is 23.3 Å². The van der Waals surface area contributed by atoms with Gasteiger partial charge in [-0.1, -0.05) is 11.8 Å². The van der Waals surface area contributed by atoms with Crippen molar-refractivity contribution in [1.29, 1.82) is 0 Å². The van der Waals surface area contributed by atoms with Gasteiger partial charge in [0.1, 0.15) is 11.1 Å². The fraction of sp³-hybridized carbons (Fsp3) is 0.500. The molecule has 0 radical (unpaired) electrons. The summed E-state index contributed by atoms with van der Waals surface area (Å²) in [6.45, 7) is 3.87. The normalized spacial score (nSPS) is 19.5. The molecule has 28 heavy (non-hydrogen) atoms. The molecule has 1 amide bonds. The number of benzene rings is 1. The van der Waals surface area contributed by atoms with Gasteiger partial charge < -0.3 is 20.5 Å². The number of primary amides is 1. The average molecular weight is 429 g/mol. The van der Waals surface area contributed by atoms with Crippen LogP contribution in [0, 0.1) is 5.92 Å². The van der Waals surface area contributed by atoms with Crippen LogP contribution in [0.5, 0.6) is 5.75 Å². The number of esters is 1. The number of carbonyl (C=O) groups excluding carboxylic acids is 2. The van der Waals surface area contributed by atoms with E-state index in [4.69, 9.17) is 15.2 Å². The quantitative estimate of drug-likeness (QED) is 0.637. The number of halogens is 1. The van der Waals surface area contributed by atoms with E-state index in [2.05, 4.69) is 10.4 Å². The second-order valence-corrected chi connectivity index (χ2v) is 7.40. The maximum atomic E-state index is 11.6. The molecule has 1 atom stereocenters. The van der Waals surface area contributed by atoms with Crippen LogP contribution in [0.3, 0.4) is 0 Å². The number of nitrogens with one attached hydrogen (secondary N) is 1. The molecule has 2 heterocycles. The minimum atomic E-state index is -0.504. The molecule has 3 N–H and O–H groups in total. The van der Waals surface area contributed by atoms with Crippen molar-refractivity contribution in [2.24, 2.45) is 16.8 Å². The number of ether oxygens (including phenoxy) is 2. The first kappa shape index (κ1) is 22.3. The van der Waals surface area contributed by atoms with Gasteiger partial charge >= 0.3 is 5.97 Å². The van der Waals surface area contributed by atoms with E-state index in [1.807, 2.05) is 17.1 Å².